The summed E-state index contributed by atoms with van der Waals surface area (Å²) in [6.07, 6.45) is 7.03. The summed E-state index contributed by atoms with van der Waals surface area (Å²) in [4.78, 5) is 15.1. The average Bonchev–Trinajstić information content (AvgIpc) is 2.51. The van der Waals surface area contributed by atoms with Crippen molar-refractivity contribution in [3.63, 3.8) is 0 Å². The Morgan fingerprint density at radius 1 is 0.571 bits per heavy atom. The summed E-state index contributed by atoms with van der Waals surface area (Å²) in [6, 6.07) is 0.610. The van der Waals surface area contributed by atoms with Gasteiger partial charge in [0.15, 0.2) is 0 Å². The van der Waals surface area contributed by atoms with Crippen LogP contribution in [0.25, 0.3) is 0 Å². The molecule has 0 radical (unpaired) electrons. The minimum absolute atomic E-state index is 0.413. The van der Waals surface area contributed by atoms with Crippen LogP contribution in [0.5, 0.6) is 0 Å². The standard InChI is InChI=1S/C14H32O6Si/c1-5-9-10-11-12-13-14-21(18-15-6-2,19-16-7-3)20-17-8-4/h5-14H2,1-4H3. The number of unbranched alkanes of at least 4 members (excludes halogenated alkanes) is 5. The molecule has 0 rings (SSSR count). The summed E-state index contributed by atoms with van der Waals surface area (Å²) in [6.45, 7) is 8.96. The zero-order chi connectivity index (χ0) is 15.8. The van der Waals surface area contributed by atoms with E-state index in [9.17, 15) is 0 Å². The van der Waals surface area contributed by atoms with Gasteiger partial charge in [-0.25, -0.2) is 28.4 Å². The van der Waals surface area contributed by atoms with Crippen LogP contribution in [-0.4, -0.2) is 28.6 Å². The van der Waals surface area contributed by atoms with Gasteiger partial charge in [0.25, 0.3) is 0 Å². The minimum atomic E-state index is -3.09. The maximum absolute atomic E-state index is 5.36. The Morgan fingerprint density at radius 3 is 1.43 bits per heavy atom. The highest BCUT2D eigenvalue weighted by atomic mass is 28.4. The van der Waals surface area contributed by atoms with E-state index >= 15 is 0 Å². The van der Waals surface area contributed by atoms with Crippen molar-refractivity contribution in [2.45, 2.75) is 72.3 Å². The summed E-state index contributed by atoms with van der Waals surface area (Å²) in [5, 5.41) is 0. The van der Waals surface area contributed by atoms with Crippen LogP contribution in [0.15, 0.2) is 0 Å². The van der Waals surface area contributed by atoms with Gasteiger partial charge in [0.2, 0.25) is 0 Å². The molecule has 0 amide bonds. The highest BCUT2D eigenvalue weighted by Crippen LogP contribution is 2.21. The first-order chi connectivity index (χ1) is 10.2. The molecular formula is C14H32O6Si. The predicted octanol–water partition coefficient (Wildman–Crippen LogP) is 4.19. The van der Waals surface area contributed by atoms with Crippen LogP contribution < -0.4 is 0 Å². The number of rotatable bonds is 16. The molecule has 0 atom stereocenters. The highest BCUT2D eigenvalue weighted by molar-refractivity contribution is 6.59. The molecule has 0 heterocycles. The van der Waals surface area contributed by atoms with E-state index in [2.05, 4.69) is 6.92 Å². The zero-order valence-corrected chi connectivity index (χ0v) is 15.0. The molecule has 0 spiro atoms. The van der Waals surface area contributed by atoms with Gasteiger partial charge in [-0.3, -0.25) is 0 Å². The molecule has 0 saturated carbocycles. The smallest absolute Gasteiger partial charge is 0.243 e. The maximum atomic E-state index is 5.36. The molecule has 0 aromatic heterocycles. The fourth-order valence-corrected chi connectivity index (χ4v) is 3.64. The molecule has 128 valence electrons. The third-order valence-corrected chi connectivity index (χ3v) is 4.83. The lowest BCUT2D eigenvalue weighted by Gasteiger charge is -2.25. The van der Waals surface area contributed by atoms with Gasteiger partial charge < -0.3 is 0 Å². The van der Waals surface area contributed by atoms with Gasteiger partial charge in [-0.1, -0.05) is 39.0 Å². The Balaban J connectivity index is 4.28. The van der Waals surface area contributed by atoms with Crippen molar-refractivity contribution in [3.05, 3.63) is 0 Å². The SMILES string of the molecule is CCCCCCCC[Si](OOCC)(OOCC)OOCC. The fourth-order valence-electron chi connectivity index (χ4n) is 1.73. The van der Waals surface area contributed by atoms with E-state index in [-0.39, 0.29) is 0 Å². The van der Waals surface area contributed by atoms with E-state index in [1.54, 1.807) is 0 Å². The van der Waals surface area contributed by atoms with Gasteiger partial charge in [0.1, 0.15) is 0 Å². The van der Waals surface area contributed by atoms with Gasteiger partial charge in [-0.05, 0) is 27.2 Å². The summed E-state index contributed by atoms with van der Waals surface area (Å²) in [5.74, 6) is 0. The van der Waals surface area contributed by atoms with E-state index in [1.165, 1.54) is 25.7 Å². The molecule has 0 aliphatic heterocycles. The Kier molecular flexibility index (Phi) is 14.9. The fraction of sp³-hybridized carbons (Fsp3) is 1.00. The molecule has 0 unspecified atom stereocenters. The first kappa shape index (κ1) is 21.0. The van der Waals surface area contributed by atoms with Gasteiger partial charge in [0, 0.05) is 6.04 Å². The Bertz CT molecular complexity index is 196. The van der Waals surface area contributed by atoms with Crippen molar-refractivity contribution < 1.29 is 28.4 Å². The topological polar surface area (TPSA) is 55.4 Å². The van der Waals surface area contributed by atoms with E-state index in [4.69, 9.17) is 28.4 Å². The van der Waals surface area contributed by atoms with Gasteiger partial charge in [-0.2, -0.15) is 0 Å². The molecule has 21 heavy (non-hydrogen) atoms. The second kappa shape index (κ2) is 14.9. The first-order valence-corrected chi connectivity index (χ1v) is 10.1. The first-order valence-electron chi connectivity index (χ1n) is 8.16. The van der Waals surface area contributed by atoms with Gasteiger partial charge in [-0.15, -0.1) is 0 Å². The van der Waals surface area contributed by atoms with E-state index < -0.39 is 8.80 Å². The van der Waals surface area contributed by atoms with Crippen LogP contribution in [0.2, 0.25) is 6.04 Å². The summed E-state index contributed by atoms with van der Waals surface area (Å²) >= 11 is 0. The van der Waals surface area contributed by atoms with Crippen LogP contribution in [0.4, 0.5) is 0 Å². The molecule has 0 aromatic rings. The van der Waals surface area contributed by atoms with Crippen LogP contribution in [0.1, 0.15) is 66.2 Å². The number of hydrogen-bond donors (Lipinski definition) is 0. The quantitative estimate of drug-likeness (QED) is 0.184. The lowest BCUT2D eigenvalue weighted by molar-refractivity contribution is -0.360. The lowest BCUT2D eigenvalue weighted by atomic mass is 10.1. The Hall–Kier alpha value is -0.0231. The van der Waals surface area contributed by atoms with Crippen molar-refractivity contribution in [2.24, 2.45) is 0 Å². The van der Waals surface area contributed by atoms with Crippen LogP contribution in [0.3, 0.4) is 0 Å². The third kappa shape index (κ3) is 11.2. The third-order valence-electron chi connectivity index (χ3n) is 2.75. The Labute approximate surface area is 130 Å². The summed E-state index contributed by atoms with van der Waals surface area (Å²) in [5.41, 5.74) is 0. The molecule has 0 saturated heterocycles. The van der Waals surface area contributed by atoms with E-state index in [0.717, 1.165) is 12.8 Å². The minimum Gasteiger partial charge on any atom is -0.243 e. The van der Waals surface area contributed by atoms with Crippen LogP contribution in [-0.2, 0) is 28.4 Å². The molecule has 0 N–H and O–H groups in total. The highest BCUT2D eigenvalue weighted by Gasteiger charge is 2.46. The molecular weight excluding hydrogens is 292 g/mol. The molecule has 0 aliphatic rings. The van der Waals surface area contributed by atoms with E-state index in [0.29, 0.717) is 25.9 Å². The predicted molar refractivity (Wildman–Crippen MR) is 82.1 cm³/mol. The van der Waals surface area contributed by atoms with Crippen molar-refractivity contribution in [3.8, 4) is 0 Å². The molecule has 7 heteroatoms. The average molecular weight is 324 g/mol. The second-order valence-corrected chi connectivity index (χ2v) is 7.04. The summed E-state index contributed by atoms with van der Waals surface area (Å²) in [7, 11) is -3.09. The van der Waals surface area contributed by atoms with Crippen molar-refractivity contribution in [1.82, 2.24) is 0 Å². The van der Waals surface area contributed by atoms with E-state index in [1.807, 2.05) is 20.8 Å². The van der Waals surface area contributed by atoms with Crippen LogP contribution >= 0.6 is 0 Å². The van der Waals surface area contributed by atoms with Gasteiger partial charge in [0.05, 0.1) is 19.8 Å². The van der Waals surface area contributed by atoms with Crippen LogP contribution in [0, 0.1) is 0 Å². The van der Waals surface area contributed by atoms with Crippen molar-refractivity contribution in [1.29, 1.82) is 0 Å². The Morgan fingerprint density at radius 2 is 1.00 bits per heavy atom. The van der Waals surface area contributed by atoms with Crippen molar-refractivity contribution in [2.75, 3.05) is 19.8 Å². The zero-order valence-electron chi connectivity index (χ0n) is 14.0. The number of hydrogen-bond acceptors (Lipinski definition) is 6. The lowest BCUT2D eigenvalue weighted by Crippen LogP contribution is -2.46. The molecule has 0 aromatic carbocycles. The molecule has 0 bridgehead atoms. The largest absolute Gasteiger partial charge is 0.584 e. The second-order valence-electron chi connectivity index (χ2n) is 4.67. The molecule has 6 nitrogen and oxygen atoms in total. The molecule has 0 fully saturated rings. The normalized spacial score (nSPS) is 12.0. The summed E-state index contributed by atoms with van der Waals surface area (Å²) < 4.78 is 16.1. The molecule has 0 aliphatic carbocycles. The monoisotopic (exact) mass is 324 g/mol. The van der Waals surface area contributed by atoms with Crippen molar-refractivity contribution >= 4 is 8.80 Å². The van der Waals surface area contributed by atoms with Gasteiger partial charge >= 0.3 is 8.80 Å². The maximum Gasteiger partial charge on any atom is 0.584 e.